The topological polar surface area (TPSA) is 49.4 Å². The molecular weight excluding hydrogens is 288 g/mol. The van der Waals surface area contributed by atoms with Crippen molar-refractivity contribution >= 4 is 11.8 Å². The Balaban J connectivity index is 2.88. The average molecular weight is 316 g/mol. The molecule has 23 heavy (non-hydrogen) atoms. The molecule has 0 aliphatic carbocycles. The van der Waals surface area contributed by atoms with Gasteiger partial charge in [0, 0.05) is 12.6 Å². The number of carbonyl (C=O) groups is 2. The summed E-state index contributed by atoms with van der Waals surface area (Å²) in [5, 5.41) is 2.95. The molecule has 1 aromatic carbocycles. The quantitative estimate of drug-likeness (QED) is 0.749. The Bertz CT molecular complexity index is 523. The van der Waals surface area contributed by atoms with Crippen LogP contribution in [0.1, 0.15) is 39.7 Å². The molecule has 0 fully saturated rings. The Morgan fingerprint density at radius 3 is 2.26 bits per heavy atom. The Morgan fingerprint density at radius 1 is 1.17 bits per heavy atom. The summed E-state index contributed by atoms with van der Waals surface area (Å²) in [7, 11) is 0. The molecule has 4 heteroatoms. The Hall–Kier alpha value is -2.10. The minimum absolute atomic E-state index is 0.0632. The van der Waals surface area contributed by atoms with Crippen molar-refractivity contribution in [2.75, 3.05) is 0 Å². The minimum Gasteiger partial charge on any atom is -0.350 e. The number of nitrogens with zero attached hydrogens (tertiary/aromatic N) is 1. The lowest BCUT2D eigenvalue weighted by atomic mass is 10.00. The van der Waals surface area contributed by atoms with Gasteiger partial charge in [0.15, 0.2) is 0 Å². The van der Waals surface area contributed by atoms with Gasteiger partial charge in [-0.1, -0.05) is 50.8 Å². The summed E-state index contributed by atoms with van der Waals surface area (Å²) in [5.41, 5.74) is 1.04. The predicted octanol–water partition coefficient (Wildman–Crippen LogP) is 3.14. The average Bonchev–Trinajstić information content (AvgIpc) is 2.52. The molecule has 0 saturated heterocycles. The van der Waals surface area contributed by atoms with Crippen molar-refractivity contribution in [3.63, 3.8) is 0 Å². The van der Waals surface area contributed by atoms with Crippen LogP contribution in [0.5, 0.6) is 0 Å². The molecular formula is C19H28N2O2. The molecule has 0 aromatic heterocycles. The van der Waals surface area contributed by atoms with E-state index in [9.17, 15) is 9.59 Å². The summed E-state index contributed by atoms with van der Waals surface area (Å²) in [6.45, 7) is 11.9. The van der Waals surface area contributed by atoms with Crippen LogP contribution in [0.3, 0.4) is 0 Å². The monoisotopic (exact) mass is 316 g/mol. The highest BCUT2D eigenvalue weighted by atomic mass is 16.2. The first-order valence-electron chi connectivity index (χ1n) is 8.13. The summed E-state index contributed by atoms with van der Waals surface area (Å²) in [6.07, 6.45) is 1.90. The highest BCUT2D eigenvalue weighted by Crippen LogP contribution is 2.16. The lowest BCUT2D eigenvalue weighted by Gasteiger charge is -2.34. The van der Waals surface area contributed by atoms with Crippen LogP contribution in [0.25, 0.3) is 0 Å². The molecule has 1 N–H and O–H groups in total. The van der Waals surface area contributed by atoms with Gasteiger partial charge in [-0.25, -0.2) is 0 Å². The van der Waals surface area contributed by atoms with Gasteiger partial charge in [-0.05, 0) is 37.8 Å². The number of hydrogen-bond donors (Lipinski definition) is 1. The third-order valence-corrected chi connectivity index (χ3v) is 3.63. The number of amides is 2. The molecule has 0 aliphatic rings. The zero-order valence-electron chi connectivity index (χ0n) is 14.6. The fourth-order valence-corrected chi connectivity index (χ4v) is 2.57. The van der Waals surface area contributed by atoms with Crippen LogP contribution >= 0.6 is 0 Å². The number of nitrogens with one attached hydrogen (secondary N) is 1. The van der Waals surface area contributed by atoms with Crippen LogP contribution in [0.15, 0.2) is 43.0 Å². The lowest BCUT2D eigenvalue weighted by Crippen LogP contribution is -2.52. The molecule has 126 valence electrons. The Kier molecular flexibility index (Phi) is 7.52. The molecule has 0 saturated carbocycles. The van der Waals surface area contributed by atoms with Gasteiger partial charge in [0.05, 0.1) is 0 Å². The molecule has 0 heterocycles. The van der Waals surface area contributed by atoms with Crippen molar-refractivity contribution < 1.29 is 9.59 Å². The summed E-state index contributed by atoms with van der Waals surface area (Å²) in [6, 6.07) is 9.20. The van der Waals surface area contributed by atoms with E-state index in [1.807, 2.05) is 58.0 Å². The van der Waals surface area contributed by atoms with Crippen molar-refractivity contribution in [3.05, 3.63) is 48.6 Å². The van der Waals surface area contributed by atoms with Gasteiger partial charge in [-0.2, -0.15) is 0 Å². The molecule has 2 amide bonds. The third kappa shape index (κ3) is 5.89. The largest absolute Gasteiger partial charge is 0.350 e. The van der Waals surface area contributed by atoms with E-state index in [0.29, 0.717) is 18.9 Å². The number of rotatable bonds is 8. The van der Waals surface area contributed by atoms with Crippen molar-refractivity contribution in [1.82, 2.24) is 10.2 Å². The van der Waals surface area contributed by atoms with Crippen LogP contribution < -0.4 is 5.32 Å². The molecule has 4 nitrogen and oxygen atoms in total. The second-order valence-electron chi connectivity index (χ2n) is 6.39. The highest BCUT2D eigenvalue weighted by Gasteiger charge is 2.30. The summed E-state index contributed by atoms with van der Waals surface area (Å²) in [5.74, 6) is -0.0201. The molecule has 1 unspecified atom stereocenters. The molecule has 1 rings (SSSR count). The van der Waals surface area contributed by atoms with Gasteiger partial charge in [0.25, 0.3) is 0 Å². The van der Waals surface area contributed by atoms with E-state index in [1.165, 1.54) is 6.08 Å². The van der Waals surface area contributed by atoms with Crippen LogP contribution in [0.4, 0.5) is 0 Å². The fraction of sp³-hybridized carbons (Fsp3) is 0.474. The summed E-state index contributed by atoms with van der Waals surface area (Å²) in [4.78, 5) is 26.5. The van der Waals surface area contributed by atoms with Crippen molar-refractivity contribution in [1.29, 1.82) is 0 Å². The molecule has 0 aliphatic heterocycles. The van der Waals surface area contributed by atoms with Gasteiger partial charge >= 0.3 is 0 Å². The minimum atomic E-state index is -0.482. The van der Waals surface area contributed by atoms with E-state index in [2.05, 4.69) is 11.9 Å². The number of hydrogen-bond acceptors (Lipinski definition) is 2. The van der Waals surface area contributed by atoms with E-state index in [0.717, 1.165) is 5.56 Å². The van der Waals surface area contributed by atoms with E-state index in [4.69, 9.17) is 0 Å². The zero-order chi connectivity index (χ0) is 17.4. The van der Waals surface area contributed by atoms with Crippen LogP contribution in [0, 0.1) is 5.92 Å². The Labute approximate surface area is 139 Å². The zero-order valence-corrected chi connectivity index (χ0v) is 14.6. The van der Waals surface area contributed by atoms with E-state index in [-0.39, 0.29) is 17.9 Å². The van der Waals surface area contributed by atoms with Crippen LogP contribution in [-0.2, 0) is 16.1 Å². The van der Waals surface area contributed by atoms with Gasteiger partial charge in [0.1, 0.15) is 6.04 Å². The second-order valence-corrected chi connectivity index (χ2v) is 6.39. The van der Waals surface area contributed by atoms with Gasteiger partial charge in [-0.3, -0.25) is 9.59 Å². The van der Waals surface area contributed by atoms with E-state index in [1.54, 1.807) is 4.90 Å². The normalized spacial score (nSPS) is 12.1. The van der Waals surface area contributed by atoms with Gasteiger partial charge < -0.3 is 10.2 Å². The first-order valence-corrected chi connectivity index (χ1v) is 8.13. The third-order valence-electron chi connectivity index (χ3n) is 3.63. The van der Waals surface area contributed by atoms with E-state index < -0.39 is 6.04 Å². The molecule has 0 bridgehead atoms. The van der Waals surface area contributed by atoms with Crippen LogP contribution in [-0.4, -0.2) is 28.8 Å². The maximum Gasteiger partial charge on any atom is 0.246 e. The standard InChI is InChI=1S/C19H28N2O2/c1-6-18(22)21(15(4)5)17(12-14(2)3)19(23)20-13-16-10-8-7-9-11-16/h6-11,14-15,17H,1,12-13H2,2-5H3,(H,20,23). The lowest BCUT2D eigenvalue weighted by molar-refractivity contribution is -0.139. The Morgan fingerprint density at radius 2 is 1.78 bits per heavy atom. The second kappa shape index (κ2) is 9.13. The maximum absolute atomic E-state index is 12.7. The van der Waals surface area contributed by atoms with Crippen molar-refractivity contribution in [2.24, 2.45) is 5.92 Å². The van der Waals surface area contributed by atoms with Crippen molar-refractivity contribution in [2.45, 2.75) is 52.7 Å². The summed E-state index contributed by atoms with van der Waals surface area (Å²) >= 11 is 0. The fourth-order valence-electron chi connectivity index (χ4n) is 2.57. The first-order chi connectivity index (χ1) is 10.9. The SMILES string of the molecule is C=CC(=O)N(C(C)C)C(CC(C)C)C(=O)NCc1ccccc1. The van der Waals surface area contributed by atoms with Gasteiger partial charge in [0.2, 0.25) is 11.8 Å². The van der Waals surface area contributed by atoms with Crippen LogP contribution in [0.2, 0.25) is 0 Å². The summed E-state index contributed by atoms with van der Waals surface area (Å²) < 4.78 is 0. The number of carbonyl (C=O) groups excluding carboxylic acids is 2. The first kappa shape index (κ1) is 18.9. The smallest absolute Gasteiger partial charge is 0.246 e. The molecule has 1 atom stereocenters. The van der Waals surface area contributed by atoms with Gasteiger partial charge in [-0.15, -0.1) is 0 Å². The van der Waals surface area contributed by atoms with Crippen molar-refractivity contribution in [3.8, 4) is 0 Å². The molecule has 1 aromatic rings. The number of benzene rings is 1. The molecule has 0 radical (unpaired) electrons. The van der Waals surface area contributed by atoms with E-state index >= 15 is 0 Å². The molecule has 0 spiro atoms. The highest BCUT2D eigenvalue weighted by molar-refractivity contribution is 5.92. The predicted molar refractivity (Wildman–Crippen MR) is 93.7 cm³/mol. The maximum atomic E-state index is 12.7.